The van der Waals surface area contributed by atoms with Crippen molar-refractivity contribution >= 4 is 11.9 Å². The van der Waals surface area contributed by atoms with E-state index in [9.17, 15) is 9.59 Å². The SMILES string of the molecule is C=C1C(C(C)(C)C)=CCC1(C(=O)OCC)C(=O)OCC. The summed E-state index contributed by atoms with van der Waals surface area (Å²) < 4.78 is 10.2. The highest BCUT2D eigenvalue weighted by Gasteiger charge is 2.55. The summed E-state index contributed by atoms with van der Waals surface area (Å²) in [4.78, 5) is 24.7. The molecule has 4 nitrogen and oxygen atoms in total. The molecule has 0 fully saturated rings. The Bertz CT molecular complexity index is 434. The average molecular weight is 280 g/mol. The zero-order valence-electron chi connectivity index (χ0n) is 13.0. The Morgan fingerprint density at radius 2 is 1.65 bits per heavy atom. The van der Waals surface area contributed by atoms with Gasteiger partial charge in [0.2, 0.25) is 0 Å². The fourth-order valence-corrected chi connectivity index (χ4v) is 2.50. The summed E-state index contributed by atoms with van der Waals surface area (Å²) in [5.74, 6) is -1.14. The number of allylic oxidation sites excluding steroid dienone is 2. The molecule has 0 radical (unpaired) electrons. The lowest BCUT2D eigenvalue weighted by Crippen LogP contribution is -2.42. The van der Waals surface area contributed by atoms with Gasteiger partial charge < -0.3 is 9.47 Å². The van der Waals surface area contributed by atoms with E-state index in [1.165, 1.54) is 0 Å². The molecule has 0 aromatic rings. The van der Waals surface area contributed by atoms with Gasteiger partial charge in [-0.25, -0.2) is 0 Å². The monoisotopic (exact) mass is 280 g/mol. The number of carbonyl (C=O) groups is 2. The van der Waals surface area contributed by atoms with Gasteiger partial charge in [0.15, 0.2) is 5.41 Å². The van der Waals surface area contributed by atoms with Crippen molar-refractivity contribution in [2.24, 2.45) is 10.8 Å². The van der Waals surface area contributed by atoms with Crippen molar-refractivity contribution in [1.29, 1.82) is 0 Å². The molecule has 0 saturated carbocycles. The molecule has 1 aliphatic rings. The van der Waals surface area contributed by atoms with Gasteiger partial charge in [0, 0.05) is 0 Å². The zero-order chi connectivity index (χ0) is 15.6. The Morgan fingerprint density at radius 3 is 1.95 bits per heavy atom. The minimum absolute atomic E-state index is 0.183. The van der Waals surface area contributed by atoms with Crippen LogP contribution in [0.4, 0.5) is 0 Å². The second kappa shape index (κ2) is 5.81. The number of hydrogen-bond donors (Lipinski definition) is 0. The third-order valence-electron chi connectivity index (χ3n) is 3.51. The Kier molecular flexibility index (Phi) is 4.79. The standard InChI is InChI=1S/C16H24O4/c1-7-19-13(17)16(14(18)20-8-2)10-9-12(11(16)3)15(4,5)6/h9H,3,7-8,10H2,1-2,4-6H3. The van der Waals surface area contributed by atoms with E-state index in [1.54, 1.807) is 13.8 Å². The van der Waals surface area contributed by atoms with Gasteiger partial charge in [-0.2, -0.15) is 0 Å². The lowest BCUT2D eigenvalue weighted by molar-refractivity contribution is -0.168. The van der Waals surface area contributed by atoms with Crippen LogP contribution in [0.25, 0.3) is 0 Å². The maximum absolute atomic E-state index is 12.3. The molecular formula is C16H24O4. The molecule has 0 N–H and O–H groups in total. The van der Waals surface area contributed by atoms with E-state index in [4.69, 9.17) is 9.47 Å². The highest BCUT2D eigenvalue weighted by Crippen LogP contribution is 2.49. The van der Waals surface area contributed by atoms with Crippen LogP contribution in [0.5, 0.6) is 0 Å². The number of esters is 2. The van der Waals surface area contributed by atoms with E-state index < -0.39 is 17.4 Å². The smallest absolute Gasteiger partial charge is 0.328 e. The van der Waals surface area contributed by atoms with Crippen LogP contribution in [0.15, 0.2) is 23.8 Å². The molecule has 0 heterocycles. The predicted octanol–water partition coefficient (Wildman–Crippen LogP) is 3.03. The lowest BCUT2D eigenvalue weighted by Gasteiger charge is -2.30. The second-order valence-electron chi connectivity index (χ2n) is 5.90. The molecule has 0 saturated heterocycles. The maximum Gasteiger partial charge on any atom is 0.328 e. The molecule has 4 heteroatoms. The summed E-state index contributed by atoms with van der Waals surface area (Å²) in [6, 6.07) is 0. The summed E-state index contributed by atoms with van der Waals surface area (Å²) in [7, 11) is 0. The number of ether oxygens (including phenoxy) is 2. The van der Waals surface area contributed by atoms with E-state index >= 15 is 0 Å². The summed E-state index contributed by atoms with van der Waals surface area (Å²) >= 11 is 0. The number of carbonyl (C=O) groups excluding carboxylic acids is 2. The topological polar surface area (TPSA) is 52.6 Å². The largest absolute Gasteiger partial charge is 0.465 e. The second-order valence-corrected chi connectivity index (χ2v) is 5.90. The van der Waals surface area contributed by atoms with Crippen molar-refractivity contribution in [1.82, 2.24) is 0 Å². The summed E-state index contributed by atoms with van der Waals surface area (Å²) in [6.45, 7) is 13.9. The van der Waals surface area contributed by atoms with Crippen molar-refractivity contribution in [2.45, 2.75) is 41.0 Å². The van der Waals surface area contributed by atoms with E-state index in [0.29, 0.717) is 5.57 Å². The number of rotatable bonds is 4. The first kappa shape index (κ1) is 16.5. The first-order valence-electron chi connectivity index (χ1n) is 6.96. The van der Waals surface area contributed by atoms with Crippen LogP contribution in [0.1, 0.15) is 41.0 Å². The van der Waals surface area contributed by atoms with Crippen LogP contribution in [-0.2, 0) is 19.1 Å². The molecule has 0 aliphatic heterocycles. The van der Waals surface area contributed by atoms with Crippen molar-refractivity contribution < 1.29 is 19.1 Å². The van der Waals surface area contributed by atoms with Crippen LogP contribution < -0.4 is 0 Å². The fourth-order valence-electron chi connectivity index (χ4n) is 2.50. The van der Waals surface area contributed by atoms with Crippen molar-refractivity contribution in [3.63, 3.8) is 0 Å². The van der Waals surface area contributed by atoms with E-state index in [1.807, 2.05) is 26.8 Å². The highest BCUT2D eigenvalue weighted by molar-refractivity contribution is 6.05. The third-order valence-corrected chi connectivity index (χ3v) is 3.51. The van der Waals surface area contributed by atoms with E-state index in [2.05, 4.69) is 6.58 Å². The van der Waals surface area contributed by atoms with Crippen LogP contribution in [0, 0.1) is 10.8 Å². The molecule has 112 valence electrons. The Balaban J connectivity index is 3.21. The first-order chi connectivity index (χ1) is 9.21. The summed E-state index contributed by atoms with van der Waals surface area (Å²) in [6.07, 6.45) is 2.16. The molecular weight excluding hydrogens is 256 g/mol. The lowest BCUT2D eigenvalue weighted by atomic mass is 9.75. The quantitative estimate of drug-likeness (QED) is 0.586. The maximum atomic E-state index is 12.3. The molecule has 0 unspecified atom stereocenters. The first-order valence-corrected chi connectivity index (χ1v) is 6.96. The Morgan fingerprint density at radius 1 is 1.20 bits per heavy atom. The summed E-state index contributed by atoms with van der Waals surface area (Å²) in [5.41, 5.74) is -0.174. The molecule has 0 amide bonds. The van der Waals surface area contributed by atoms with Gasteiger partial charge in [-0.05, 0) is 36.8 Å². The van der Waals surface area contributed by atoms with Crippen molar-refractivity contribution in [2.75, 3.05) is 13.2 Å². The number of hydrogen-bond acceptors (Lipinski definition) is 4. The molecule has 1 rings (SSSR count). The van der Waals surface area contributed by atoms with Gasteiger partial charge in [0.1, 0.15) is 0 Å². The van der Waals surface area contributed by atoms with Gasteiger partial charge in [0.25, 0.3) is 0 Å². The molecule has 0 bridgehead atoms. The van der Waals surface area contributed by atoms with E-state index in [0.717, 1.165) is 5.57 Å². The van der Waals surface area contributed by atoms with Gasteiger partial charge in [0.05, 0.1) is 13.2 Å². The molecule has 0 aromatic carbocycles. The van der Waals surface area contributed by atoms with Gasteiger partial charge in [-0.3, -0.25) is 9.59 Å². The van der Waals surface area contributed by atoms with Crippen LogP contribution in [-0.4, -0.2) is 25.2 Å². The average Bonchev–Trinajstić information content (AvgIpc) is 2.68. The van der Waals surface area contributed by atoms with Crippen LogP contribution in [0.2, 0.25) is 0 Å². The molecule has 20 heavy (non-hydrogen) atoms. The zero-order valence-corrected chi connectivity index (χ0v) is 13.0. The van der Waals surface area contributed by atoms with Crippen molar-refractivity contribution in [3.8, 4) is 0 Å². The Hall–Kier alpha value is -1.58. The fraction of sp³-hybridized carbons (Fsp3) is 0.625. The van der Waals surface area contributed by atoms with E-state index in [-0.39, 0.29) is 25.0 Å². The highest BCUT2D eigenvalue weighted by atomic mass is 16.6. The normalized spacial score (nSPS) is 17.6. The molecule has 0 spiro atoms. The van der Waals surface area contributed by atoms with Gasteiger partial charge in [-0.1, -0.05) is 33.4 Å². The molecule has 0 atom stereocenters. The Labute approximate surface area is 120 Å². The third kappa shape index (κ3) is 2.65. The molecule has 0 aromatic heterocycles. The van der Waals surface area contributed by atoms with Crippen LogP contribution >= 0.6 is 0 Å². The minimum atomic E-state index is -1.41. The van der Waals surface area contributed by atoms with Crippen molar-refractivity contribution in [3.05, 3.63) is 23.8 Å². The van der Waals surface area contributed by atoms with Gasteiger partial charge in [-0.15, -0.1) is 0 Å². The predicted molar refractivity (Wildman–Crippen MR) is 77.0 cm³/mol. The minimum Gasteiger partial charge on any atom is -0.465 e. The van der Waals surface area contributed by atoms with Gasteiger partial charge >= 0.3 is 11.9 Å². The molecule has 1 aliphatic carbocycles. The summed E-state index contributed by atoms with van der Waals surface area (Å²) in [5, 5.41) is 0. The van der Waals surface area contributed by atoms with Crippen LogP contribution in [0.3, 0.4) is 0 Å².